The Morgan fingerprint density at radius 3 is 2.94 bits per heavy atom. The predicted molar refractivity (Wildman–Crippen MR) is 62.1 cm³/mol. The fraction of sp³-hybridized carbons (Fsp3) is 0.182. The van der Waals surface area contributed by atoms with E-state index in [4.69, 9.17) is 10.8 Å². The molecule has 5 heteroatoms. The van der Waals surface area contributed by atoms with Gasteiger partial charge in [0.15, 0.2) is 0 Å². The number of aromatic amines is 1. The molecule has 0 spiro atoms. The second-order valence-corrected chi connectivity index (χ2v) is 3.44. The lowest BCUT2D eigenvalue weighted by Crippen LogP contribution is -2.26. The molecule has 0 unspecified atom stereocenters. The number of rotatable bonds is 3. The van der Waals surface area contributed by atoms with Crippen molar-refractivity contribution < 1.29 is 9.90 Å². The van der Waals surface area contributed by atoms with Crippen LogP contribution in [0.15, 0.2) is 24.3 Å². The first-order chi connectivity index (χ1) is 7.74. The molecule has 5 nitrogen and oxygen atoms in total. The fourth-order valence-corrected chi connectivity index (χ4v) is 1.67. The van der Waals surface area contributed by atoms with Crippen molar-refractivity contribution in [1.29, 1.82) is 0 Å². The molecule has 1 aromatic carbocycles. The monoisotopic (exact) mass is 219 g/mol. The zero-order chi connectivity index (χ0) is 11.5. The minimum Gasteiger partial charge on any atom is -0.395 e. The van der Waals surface area contributed by atoms with E-state index < -0.39 is 0 Å². The second-order valence-electron chi connectivity index (χ2n) is 3.44. The Morgan fingerprint density at radius 1 is 1.44 bits per heavy atom. The Kier molecular flexibility index (Phi) is 2.78. The summed E-state index contributed by atoms with van der Waals surface area (Å²) in [6.45, 7) is 0.131. The van der Waals surface area contributed by atoms with Gasteiger partial charge in [-0.3, -0.25) is 4.79 Å². The van der Waals surface area contributed by atoms with E-state index in [0.717, 1.165) is 10.9 Å². The molecule has 0 saturated carbocycles. The summed E-state index contributed by atoms with van der Waals surface area (Å²) < 4.78 is 0. The van der Waals surface area contributed by atoms with Crippen LogP contribution in [0.25, 0.3) is 10.9 Å². The SMILES string of the molecule is Nc1[nH]c2ccccc2c1C(=O)NCCO. The first kappa shape index (κ1) is 10.5. The van der Waals surface area contributed by atoms with Gasteiger partial charge in [0.05, 0.1) is 12.2 Å². The van der Waals surface area contributed by atoms with Crippen molar-refractivity contribution >= 4 is 22.6 Å². The van der Waals surface area contributed by atoms with Crippen LogP contribution < -0.4 is 11.1 Å². The third-order valence-electron chi connectivity index (χ3n) is 2.36. The third-order valence-corrected chi connectivity index (χ3v) is 2.36. The van der Waals surface area contributed by atoms with E-state index >= 15 is 0 Å². The van der Waals surface area contributed by atoms with Gasteiger partial charge in [0, 0.05) is 17.4 Å². The summed E-state index contributed by atoms with van der Waals surface area (Å²) in [5.41, 5.74) is 7.01. The van der Waals surface area contributed by atoms with Gasteiger partial charge in [-0.1, -0.05) is 18.2 Å². The largest absolute Gasteiger partial charge is 0.395 e. The summed E-state index contributed by atoms with van der Waals surface area (Å²) in [5, 5.41) is 12.0. The zero-order valence-electron chi connectivity index (χ0n) is 8.66. The lowest BCUT2D eigenvalue weighted by atomic mass is 10.1. The highest BCUT2D eigenvalue weighted by atomic mass is 16.3. The molecule has 0 atom stereocenters. The number of H-pyrrole nitrogens is 1. The van der Waals surface area contributed by atoms with E-state index in [1.807, 2.05) is 24.3 Å². The molecular weight excluding hydrogens is 206 g/mol. The molecule has 0 bridgehead atoms. The normalized spacial score (nSPS) is 10.6. The maximum atomic E-state index is 11.8. The highest BCUT2D eigenvalue weighted by Gasteiger charge is 2.15. The quantitative estimate of drug-likeness (QED) is 0.604. The highest BCUT2D eigenvalue weighted by Crippen LogP contribution is 2.23. The molecule has 0 aliphatic rings. The van der Waals surface area contributed by atoms with Gasteiger partial charge >= 0.3 is 0 Å². The third kappa shape index (κ3) is 1.72. The summed E-state index contributed by atoms with van der Waals surface area (Å²) in [6, 6.07) is 7.40. The summed E-state index contributed by atoms with van der Waals surface area (Å²) in [4.78, 5) is 14.7. The van der Waals surface area contributed by atoms with E-state index in [0.29, 0.717) is 11.4 Å². The van der Waals surface area contributed by atoms with Gasteiger partial charge in [-0.05, 0) is 6.07 Å². The second kappa shape index (κ2) is 4.24. The number of anilines is 1. The Bertz CT molecular complexity index is 519. The zero-order valence-corrected chi connectivity index (χ0v) is 8.66. The lowest BCUT2D eigenvalue weighted by molar-refractivity contribution is 0.0947. The molecule has 0 fully saturated rings. The number of benzene rings is 1. The van der Waals surface area contributed by atoms with Crippen LogP contribution in [-0.2, 0) is 0 Å². The Hall–Kier alpha value is -2.01. The molecule has 16 heavy (non-hydrogen) atoms. The van der Waals surface area contributed by atoms with Crippen molar-refractivity contribution in [2.75, 3.05) is 18.9 Å². The van der Waals surface area contributed by atoms with Crippen molar-refractivity contribution in [1.82, 2.24) is 10.3 Å². The van der Waals surface area contributed by atoms with Gasteiger partial charge in [-0.15, -0.1) is 0 Å². The molecule has 0 saturated heterocycles. The van der Waals surface area contributed by atoms with Crippen LogP contribution in [0, 0.1) is 0 Å². The molecule has 0 radical (unpaired) electrons. The summed E-state index contributed by atoms with van der Waals surface area (Å²) in [6.07, 6.45) is 0. The van der Waals surface area contributed by atoms with Crippen molar-refractivity contribution in [3.05, 3.63) is 29.8 Å². The van der Waals surface area contributed by atoms with Crippen molar-refractivity contribution in [3.8, 4) is 0 Å². The summed E-state index contributed by atoms with van der Waals surface area (Å²) in [5.74, 6) is 0.0700. The van der Waals surface area contributed by atoms with Gasteiger partial charge in [0.25, 0.3) is 5.91 Å². The maximum Gasteiger partial charge on any atom is 0.255 e. The van der Waals surface area contributed by atoms with Gasteiger partial charge < -0.3 is 21.1 Å². The Balaban J connectivity index is 2.43. The Morgan fingerprint density at radius 2 is 2.19 bits per heavy atom. The first-order valence-electron chi connectivity index (χ1n) is 4.99. The van der Waals surface area contributed by atoms with E-state index in [-0.39, 0.29) is 19.1 Å². The van der Waals surface area contributed by atoms with Crippen LogP contribution in [0.2, 0.25) is 0 Å². The number of aliphatic hydroxyl groups is 1. The first-order valence-corrected chi connectivity index (χ1v) is 4.99. The number of para-hydroxylation sites is 1. The summed E-state index contributed by atoms with van der Waals surface area (Å²) in [7, 11) is 0. The molecule has 1 aromatic heterocycles. The maximum absolute atomic E-state index is 11.8. The number of nitrogens with two attached hydrogens (primary N) is 1. The number of carbonyl (C=O) groups excluding carboxylic acids is 1. The smallest absolute Gasteiger partial charge is 0.255 e. The average molecular weight is 219 g/mol. The minimum atomic E-state index is -0.274. The molecule has 84 valence electrons. The van der Waals surface area contributed by atoms with Crippen molar-refractivity contribution in [2.45, 2.75) is 0 Å². The van der Waals surface area contributed by atoms with Gasteiger partial charge in [0.2, 0.25) is 0 Å². The van der Waals surface area contributed by atoms with Crippen molar-refractivity contribution in [2.24, 2.45) is 0 Å². The number of nitrogen functional groups attached to an aromatic ring is 1. The number of amides is 1. The molecule has 2 rings (SSSR count). The van der Waals surface area contributed by atoms with E-state index in [1.54, 1.807) is 0 Å². The van der Waals surface area contributed by atoms with Crippen molar-refractivity contribution in [3.63, 3.8) is 0 Å². The molecule has 2 aromatic rings. The van der Waals surface area contributed by atoms with Crippen LogP contribution in [0.5, 0.6) is 0 Å². The molecule has 5 N–H and O–H groups in total. The van der Waals surface area contributed by atoms with Crippen LogP contribution in [0.1, 0.15) is 10.4 Å². The van der Waals surface area contributed by atoms with Crippen LogP contribution >= 0.6 is 0 Å². The topological polar surface area (TPSA) is 91.1 Å². The molecular formula is C11H13N3O2. The van der Waals surface area contributed by atoms with Crippen LogP contribution in [0.3, 0.4) is 0 Å². The van der Waals surface area contributed by atoms with Crippen LogP contribution in [-0.4, -0.2) is 29.1 Å². The Labute approximate surface area is 92.3 Å². The molecule has 0 aliphatic carbocycles. The molecule has 1 heterocycles. The number of hydrogen-bond donors (Lipinski definition) is 4. The number of carbonyl (C=O) groups is 1. The molecule has 0 aliphatic heterocycles. The van der Waals surface area contributed by atoms with Gasteiger partial charge in [-0.2, -0.15) is 0 Å². The number of fused-ring (bicyclic) bond motifs is 1. The number of hydrogen-bond acceptors (Lipinski definition) is 3. The van der Waals surface area contributed by atoms with E-state index in [9.17, 15) is 4.79 Å². The number of aromatic nitrogens is 1. The standard InChI is InChI=1S/C11H13N3O2/c12-10-9(11(16)13-5-6-15)7-3-1-2-4-8(7)14-10/h1-4,14-15H,5-6,12H2,(H,13,16). The van der Waals surface area contributed by atoms with Gasteiger partial charge in [-0.25, -0.2) is 0 Å². The average Bonchev–Trinajstić information content (AvgIpc) is 2.62. The molecule has 1 amide bonds. The lowest BCUT2D eigenvalue weighted by Gasteiger charge is -2.02. The number of aliphatic hydroxyl groups excluding tert-OH is 1. The van der Waals surface area contributed by atoms with Crippen LogP contribution in [0.4, 0.5) is 5.82 Å². The predicted octanol–water partition coefficient (Wildman–Crippen LogP) is 0.472. The number of nitrogens with one attached hydrogen (secondary N) is 2. The summed E-state index contributed by atoms with van der Waals surface area (Å²) >= 11 is 0. The fourth-order valence-electron chi connectivity index (χ4n) is 1.67. The highest BCUT2D eigenvalue weighted by molar-refractivity contribution is 6.11. The minimum absolute atomic E-state index is 0.0893. The van der Waals surface area contributed by atoms with E-state index in [2.05, 4.69) is 10.3 Å². The van der Waals surface area contributed by atoms with Gasteiger partial charge in [0.1, 0.15) is 5.82 Å². The van der Waals surface area contributed by atoms with E-state index in [1.165, 1.54) is 0 Å².